The van der Waals surface area contributed by atoms with Crippen molar-refractivity contribution >= 4 is 6.41 Å². The van der Waals surface area contributed by atoms with Gasteiger partial charge in [-0.25, -0.2) is 8.78 Å². The van der Waals surface area contributed by atoms with Crippen LogP contribution in [-0.4, -0.2) is 42.6 Å². The van der Waals surface area contributed by atoms with Crippen molar-refractivity contribution in [3.8, 4) is 0 Å². The Kier molecular flexibility index (Phi) is 6.02. The third kappa shape index (κ3) is 4.36. The topological polar surface area (TPSA) is 55.6 Å². The maximum atomic E-state index is 13.9. The molecule has 1 aliphatic carbocycles. The Balaban J connectivity index is 1.50. The van der Waals surface area contributed by atoms with Gasteiger partial charge >= 0.3 is 0 Å². The molecule has 2 N–H and O–H groups in total. The molecule has 6 heteroatoms. The third-order valence-corrected chi connectivity index (χ3v) is 5.59. The highest BCUT2D eigenvalue weighted by Crippen LogP contribution is 2.35. The van der Waals surface area contributed by atoms with Crippen LogP contribution in [-0.2, 0) is 9.53 Å². The normalized spacial score (nSPS) is 30.3. The maximum absolute atomic E-state index is 13.9. The number of ether oxygens (including phenoxy) is 1. The number of benzene rings is 1. The Labute approximate surface area is 147 Å². The summed E-state index contributed by atoms with van der Waals surface area (Å²) in [5, 5.41) is 0. The fourth-order valence-corrected chi connectivity index (χ4v) is 4.07. The van der Waals surface area contributed by atoms with Crippen molar-refractivity contribution in [2.45, 2.75) is 62.6 Å². The number of hydrogen-bond acceptors (Lipinski definition) is 3. The predicted molar refractivity (Wildman–Crippen MR) is 91.1 cm³/mol. The lowest BCUT2D eigenvalue weighted by atomic mass is 9.82. The molecule has 2 fully saturated rings. The molecule has 25 heavy (non-hydrogen) atoms. The molecule has 2 aliphatic rings. The summed E-state index contributed by atoms with van der Waals surface area (Å²) in [6.07, 6.45) is 6.14. The van der Waals surface area contributed by atoms with E-state index in [0.29, 0.717) is 12.2 Å². The van der Waals surface area contributed by atoms with Crippen molar-refractivity contribution < 1.29 is 18.3 Å². The van der Waals surface area contributed by atoms with Crippen molar-refractivity contribution in [3.63, 3.8) is 0 Å². The zero-order valence-electron chi connectivity index (χ0n) is 14.4. The monoisotopic (exact) mass is 352 g/mol. The van der Waals surface area contributed by atoms with Crippen LogP contribution in [0, 0.1) is 11.6 Å². The largest absolute Gasteiger partial charge is 0.376 e. The molecule has 2 atom stereocenters. The molecule has 1 saturated heterocycles. The Morgan fingerprint density at radius 2 is 1.96 bits per heavy atom. The van der Waals surface area contributed by atoms with Gasteiger partial charge in [0, 0.05) is 18.7 Å². The minimum Gasteiger partial charge on any atom is -0.376 e. The lowest BCUT2D eigenvalue weighted by Gasteiger charge is -2.38. The van der Waals surface area contributed by atoms with E-state index >= 15 is 0 Å². The van der Waals surface area contributed by atoms with Crippen LogP contribution in [0.15, 0.2) is 18.2 Å². The summed E-state index contributed by atoms with van der Waals surface area (Å²) < 4.78 is 33.0. The van der Waals surface area contributed by atoms with Crippen molar-refractivity contribution in [1.82, 2.24) is 4.90 Å². The summed E-state index contributed by atoms with van der Waals surface area (Å²) in [6, 6.07) is 3.73. The van der Waals surface area contributed by atoms with Crippen molar-refractivity contribution in [1.29, 1.82) is 0 Å². The van der Waals surface area contributed by atoms with Gasteiger partial charge in [-0.05, 0) is 56.1 Å². The molecule has 4 nitrogen and oxygen atoms in total. The van der Waals surface area contributed by atoms with E-state index in [4.69, 9.17) is 10.5 Å². The number of nitrogens with zero attached hydrogens (tertiary/aromatic N) is 1. The number of likely N-dealkylation sites (tertiary alicyclic amines) is 1. The minimum atomic E-state index is -0.540. The van der Waals surface area contributed by atoms with Crippen molar-refractivity contribution in [3.05, 3.63) is 35.4 Å². The fraction of sp³-hybridized carbons (Fsp3) is 0.632. The number of halogens is 2. The molecule has 0 radical (unpaired) electrons. The Hall–Kier alpha value is -1.53. The van der Waals surface area contributed by atoms with E-state index < -0.39 is 11.6 Å². The molecule has 0 bridgehead atoms. The first-order valence-corrected chi connectivity index (χ1v) is 9.11. The molecule has 3 rings (SSSR count). The summed E-state index contributed by atoms with van der Waals surface area (Å²) in [6.45, 7) is 1.20. The number of piperidine rings is 1. The summed E-state index contributed by atoms with van der Waals surface area (Å²) >= 11 is 0. The highest BCUT2D eigenvalue weighted by Gasteiger charge is 2.30. The quantitative estimate of drug-likeness (QED) is 0.829. The van der Waals surface area contributed by atoms with Crippen LogP contribution >= 0.6 is 0 Å². The Bertz CT molecular complexity index is 591. The highest BCUT2D eigenvalue weighted by atomic mass is 19.1. The van der Waals surface area contributed by atoms with Gasteiger partial charge in [0.2, 0.25) is 6.41 Å². The van der Waals surface area contributed by atoms with Crippen LogP contribution in [0.5, 0.6) is 0 Å². The van der Waals surface area contributed by atoms with Crippen LogP contribution in [0.25, 0.3) is 0 Å². The first-order chi connectivity index (χ1) is 12.1. The van der Waals surface area contributed by atoms with Gasteiger partial charge in [0.05, 0.1) is 18.8 Å². The first-order valence-electron chi connectivity index (χ1n) is 9.11. The van der Waals surface area contributed by atoms with Gasteiger partial charge in [-0.15, -0.1) is 0 Å². The third-order valence-electron chi connectivity index (χ3n) is 5.59. The zero-order chi connectivity index (χ0) is 17.8. The van der Waals surface area contributed by atoms with E-state index in [1.165, 1.54) is 6.07 Å². The van der Waals surface area contributed by atoms with E-state index in [1.807, 2.05) is 0 Å². The zero-order valence-corrected chi connectivity index (χ0v) is 14.4. The number of carbonyl (C=O) groups is 1. The first kappa shape index (κ1) is 18.3. The lowest BCUT2D eigenvalue weighted by Crippen LogP contribution is -2.54. The van der Waals surface area contributed by atoms with Gasteiger partial charge in [0.1, 0.15) is 11.6 Å². The van der Waals surface area contributed by atoms with E-state index in [9.17, 15) is 13.6 Å². The standard InChI is InChI=1S/C19H26F2N2O2/c20-14-5-8-16(17(21)10-14)13-3-6-15(7-4-13)25-11-19-18(22)2-1-9-23(19)12-24/h5,8,10,12-13,15,18-19H,1-4,6-7,9,11,22H2/t13?,15?,18-,19-/m0/s1. The van der Waals surface area contributed by atoms with Crippen LogP contribution < -0.4 is 5.73 Å². The SMILES string of the molecule is N[C@H]1CCCN(C=O)[C@H]1COC1CCC(c2ccc(F)cc2F)CC1. The van der Waals surface area contributed by atoms with Gasteiger partial charge in [0.15, 0.2) is 0 Å². The molecule has 1 saturated carbocycles. The summed E-state index contributed by atoms with van der Waals surface area (Å²) in [5.74, 6) is -0.884. The Morgan fingerprint density at radius 1 is 1.20 bits per heavy atom. The number of carbonyl (C=O) groups excluding carboxylic acids is 1. The number of hydrogen-bond donors (Lipinski definition) is 1. The molecule has 0 aromatic heterocycles. The summed E-state index contributed by atoms with van der Waals surface area (Å²) in [7, 11) is 0. The molecule has 1 aliphatic heterocycles. The van der Waals surface area contributed by atoms with Crippen LogP contribution in [0.1, 0.15) is 50.0 Å². The summed E-state index contributed by atoms with van der Waals surface area (Å²) in [5.41, 5.74) is 6.73. The second kappa shape index (κ2) is 8.23. The van der Waals surface area contributed by atoms with Crippen LogP contribution in [0.4, 0.5) is 8.78 Å². The average molecular weight is 352 g/mol. The van der Waals surface area contributed by atoms with E-state index in [-0.39, 0.29) is 24.1 Å². The highest BCUT2D eigenvalue weighted by molar-refractivity contribution is 5.48. The maximum Gasteiger partial charge on any atom is 0.210 e. The molecular formula is C19H26F2N2O2. The predicted octanol–water partition coefficient (Wildman–Crippen LogP) is 2.96. The minimum absolute atomic E-state index is 0.0383. The molecule has 1 amide bonds. The van der Waals surface area contributed by atoms with Gasteiger partial charge in [0.25, 0.3) is 0 Å². The molecule has 1 aromatic rings. The Morgan fingerprint density at radius 3 is 2.64 bits per heavy atom. The molecule has 1 heterocycles. The fourth-order valence-electron chi connectivity index (χ4n) is 4.07. The molecule has 0 spiro atoms. The van der Waals surface area contributed by atoms with Gasteiger partial charge < -0.3 is 15.4 Å². The second-order valence-corrected chi connectivity index (χ2v) is 7.19. The van der Waals surface area contributed by atoms with E-state index in [2.05, 4.69) is 0 Å². The average Bonchev–Trinajstić information content (AvgIpc) is 2.61. The number of rotatable bonds is 5. The number of nitrogens with two attached hydrogens (primary N) is 1. The van der Waals surface area contributed by atoms with E-state index in [1.54, 1.807) is 11.0 Å². The number of amides is 1. The molecule has 138 valence electrons. The van der Waals surface area contributed by atoms with Crippen molar-refractivity contribution in [2.24, 2.45) is 5.73 Å². The molecule has 0 unspecified atom stereocenters. The summed E-state index contributed by atoms with van der Waals surface area (Å²) in [4.78, 5) is 12.9. The smallest absolute Gasteiger partial charge is 0.210 e. The second-order valence-electron chi connectivity index (χ2n) is 7.19. The van der Waals surface area contributed by atoms with Crippen molar-refractivity contribution in [2.75, 3.05) is 13.2 Å². The van der Waals surface area contributed by atoms with Crippen LogP contribution in [0.3, 0.4) is 0 Å². The van der Waals surface area contributed by atoms with Gasteiger partial charge in [-0.2, -0.15) is 0 Å². The van der Waals surface area contributed by atoms with Gasteiger partial charge in [-0.3, -0.25) is 4.79 Å². The lowest BCUT2D eigenvalue weighted by molar-refractivity contribution is -0.124. The van der Waals surface area contributed by atoms with Crippen LogP contribution in [0.2, 0.25) is 0 Å². The molecular weight excluding hydrogens is 326 g/mol. The van der Waals surface area contributed by atoms with Gasteiger partial charge in [-0.1, -0.05) is 6.07 Å². The van der Waals surface area contributed by atoms with E-state index in [0.717, 1.165) is 57.5 Å². The molecule has 1 aromatic carbocycles.